The van der Waals surface area contributed by atoms with Gasteiger partial charge in [-0.05, 0) is 36.1 Å². The summed E-state index contributed by atoms with van der Waals surface area (Å²) in [6, 6.07) is 8.60. The average Bonchev–Trinajstić information content (AvgIpc) is 2.25. The van der Waals surface area contributed by atoms with Crippen LogP contribution in [0.25, 0.3) is 5.57 Å². The predicted octanol–water partition coefficient (Wildman–Crippen LogP) is 5.48. The molecular formula is C12H13BrI2. The Balaban J connectivity index is 2.83. The Kier molecular flexibility index (Phi) is 7.50. The van der Waals surface area contributed by atoms with Crippen molar-refractivity contribution in [3.8, 4) is 0 Å². The molecular weight excluding hydrogens is 478 g/mol. The quantitative estimate of drug-likeness (QED) is 0.378. The largest absolute Gasteiger partial charge is 0.0860 e. The maximum atomic E-state index is 3.46. The highest BCUT2D eigenvalue weighted by molar-refractivity contribution is 14.1. The van der Waals surface area contributed by atoms with E-state index in [1.165, 1.54) is 32.8 Å². The van der Waals surface area contributed by atoms with Gasteiger partial charge in [0.15, 0.2) is 0 Å². The summed E-state index contributed by atoms with van der Waals surface area (Å²) in [5.74, 6) is 0. The van der Waals surface area contributed by atoms with Gasteiger partial charge >= 0.3 is 0 Å². The summed E-state index contributed by atoms with van der Waals surface area (Å²) in [6.07, 6.45) is 4.70. The van der Waals surface area contributed by atoms with Crippen molar-refractivity contribution in [2.24, 2.45) is 0 Å². The summed E-state index contributed by atoms with van der Waals surface area (Å²) in [5.41, 5.74) is 2.84. The molecule has 0 aliphatic carbocycles. The summed E-state index contributed by atoms with van der Waals surface area (Å²) in [4.78, 5) is 0. The van der Waals surface area contributed by atoms with Crippen molar-refractivity contribution in [3.05, 3.63) is 40.4 Å². The molecule has 0 bridgehead atoms. The van der Waals surface area contributed by atoms with E-state index >= 15 is 0 Å². The van der Waals surface area contributed by atoms with E-state index in [1.807, 2.05) is 0 Å². The van der Waals surface area contributed by atoms with Gasteiger partial charge in [0.2, 0.25) is 0 Å². The fraction of sp³-hybridized carbons (Fsp3) is 0.333. The Morgan fingerprint density at radius 1 is 1.13 bits per heavy atom. The van der Waals surface area contributed by atoms with Gasteiger partial charge < -0.3 is 0 Å². The Morgan fingerprint density at radius 3 is 2.33 bits per heavy atom. The van der Waals surface area contributed by atoms with Crippen LogP contribution in [-0.2, 0) is 0 Å². The number of benzene rings is 1. The van der Waals surface area contributed by atoms with Crippen molar-refractivity contribution in [2.45, 2.75) is 12.8 Å². The lowest BCUT2D eigenvalue weighted by molar-refractivity contribution is 1.21. The molecule has 0 heterocycles. The summed E-state index contributed by atoms with van der Waals surface area (Å²) in [6.45, 7) is 0. The van der Waals surface area contributed by atoms with Crippen LogP contribution in [0.3, 0.4) is 0 Å². The van der Waals surface area contributed by atoms with Gasteiger partial charge in [0.25, 0.3) is 0 Å². The minimum absolute atomic E-state index is 1.15. The van der Waals surface area contributed by atoms with Crippen LogP contribution in [0.5, 0.6) is 0 Å². The lowest BCUT2D eigenvalue weighted by Crippen LogP contribution is -1.86. The molecule has 0 aliphatic rings. The normalized spacial score (nSPS) is 11.8. The van der Waals surface area contributed by atoms with Crippen LogP contribution in [0.1, 0.15) is 18.4 Å². The third-order valence-electron chi connectivity index (χ3n) is 2.08. The Labute approximate surface area is 127 Å². The summed E-state index contributed by atoms with van der Waals surface area (Å²) < 4.78 is 3.52. The molecule has 1 rings (SSSR count). The van der Waals surface area contributed by atoms with Crippen molar-refractivity contribution in [3.63, 3.8) is 0 Å². The van der Waals surface area contributed by atoms with E-state index in [0.29, 0.717) is 0 Å². The molecule has 0 aliphatic heterocycles. The first-order chi connectivity index (χ1) is 7.27. The molecule has 3 heteroatoms. The first-order valence-electron chi connectivity index (χ1n) is 4.85. The zero-order valence-corrected chi connectivity index (χ0v) is 14.3. The zero-order valence-electron chi connectivity index (χ0n) is 8.35. The second kappa shape index (κ2) is 8.06. The standard InChI is InChI=1S/C12H13BrI2/c13-12-5-3-11(4-6-12)10(7-9-15)2-1-8-14/h2-6H,1,7-9H2/b10-2+. The van der Waals surface area contributed by atoms with Gasteiger partial charge in [-0.3, -0.25) is 0 Å². The smallest absolute Gasteiger partial charge is 0.0175 e. The minimum atomic E-state index is 1.15. The lowest BCUT2D eigenvalue weighted by atomic mass is 10.0. The number of allylic oxidation sites excluding steroid dienone is 2. The maximum Gasteiger partial charge on any atom is 0.0175 e. The molecule has 0 aromatic heterocycles. The highest BCUT2D eigenvalue weighted by atomic mass is 127. The average molecular weight is 491 g/mol. The zero-order chi connectivity index (χ0) is 11.1. The number of hydrogen-bond donors (Lipinski definition) is 0. The monoisotopic (exact) mass is 490 g/mol. The maximum absolute atomic E-state index is 3.46. The molecule has 15 heavy (non-hydrogen) atoms. The fourth-order valence-corrected chi connectivity index (χ4v) is 2.52. The molecule has 0 radical (unpaired) electrons. The van der Waals surface area contributed by atoms with E-state index in [1.54, 1.807) is 0 Å². The van der Waals surface area contributed by atoms with Gasteiger partial charge in [0, 0.05) is 13.3 Å². The van der Waals surface area contributed by atoms with Crippen molar-refractivity contribution in [2.75, 3.05) is 8.86 Å². The SMILES string of the molecule is Brc1ccc(/C(=C/CCI)CCI)cc1. The number of halogens is 3. The van der Waals surface area contributed by atoms with Gasteiger partial charge in [-0.1, -0.05) is 79.3 Å². The van der Waals surface area contributed by atoms with E-state index < -0.39 is 0 Å². The molecule has 1 aromatic carbocycles. The van der Waals surface area contributed by atoms with Crippen LogP contribution in [0, 0.1) is 0 Å². The number of rotatable bonds is 5. The highest BCUT2D eigenvalue weighted by Gasteiger charge is 2.00. The van der Waals surface area contributed by atoms with Crippen LogP contribution in [0.2, 0.25) is 0 Å². The van der Waals surface area contributed by atoms with Gasteiger partial charge in [-0.15, -0.1) is 0 Å². The summed E-state index contributed by atoms with van der Waals surface area (Å²) in [5, 5.41) is 0. The van der Waals surface area contributed by atoms with Crippen LogP contribution < -0.4 is 0 Å². The molecule has 0 spiro atoms. The molecule has 0 N–H and O–H groups in total. The predicted molar refractivity (Wildman–Crippen MR) is 89.1 cm³/mol. The van der Waals surface area contributed by atoms with Gasteiger partial charge in [-0.25, -0.2) is 0 Å². The van der Waals surface area contributed by atoms with Crippen LogP contribution >= 0.6 is 61.1 Å². The minimum Gasteiger partial charge on any atom is -0.0860 e. The van der Waals surface area contributed by atoms with Gasteiger partial charge in [0.05, 0.1) is 0 Å². The Morgan fingerprint density at radius 2 is 1.80 bits per heavy atom. The van der Waals surface area contributed by atoms with E-state index in [9.17, 15) is 0 Å². The fourth-order valence-electron chi connectivity index (χ4n) is 1.36. The van der Waals surface area contributed by atoms with Crippen molar-refractivity contribution >= 4 is 66.7 Å². The van der Waals surface area contributed by atoms with E-state index in [-0.39, 0.29) is 0 Å². The summed E-state index contributed by atoms with van der Waals surface area (Å²) in [7, 11) is 0. The van der Waals surface area contributed by atoms with E-state index in [4.69, 9.17) is 0 Å². The Hall–Kier alpha value is 0.900. The highest BCUT2D eigenvalue weighted by Crippen LogP contribution is 2.22. The van der Waals surface area contributed by atoms with Crippen LogP contribution in [0.4, 0.5) is 0 Å². The molecule has 0 nitrogen and oxygen atoms in total. The summed E-state index contributed by atoms with van der Waals surface area (Å²) >= 11 is 8.32. The number of hydrogen-bond acceptors (Lipinski definition) is 0. The molecule has 1 aromatic rings. The molecule has 0 atom stereocenters. The molecule has 0 saturated heterocycles. The third kappa shape index (κ3) is 5.17. The second-order valence-electron chi connectivity index (χ2n) is 3.15. The van der Waals surface area contributed by atoms with Gasteiger partial charge in [0.1, 0.15) is 0 Å². The van der Waals surface area contributed by atoms with E-state index in [2.05, 4.69) is 91.5 Å². The van der Waals surface area contributed by atoms with Crippen molar-refractivity contribution in [1.29, 1.82) is 0 Å². The lowest BCUT2D eigenvalue weighted by Gasteiger charge is -2.06. The molecule has 0 amide bonds. The second-order valence-corrected chi connectivity index (χ2v) is 6.23. The van der Waals surface area contributed by atoms with Gasteiger partial charge in [-0.2, -0.15) is 0 Å². The first-order valence-corrected chi connectivity index (χ1v) is 8.69. The van der Waals surface area contributed by atoms with Crippen molar-refractivity contribution < 1.29 is 0 Å². The van der Waals surface area contributed by atoms with E-state index in [0.717, 1.165) is 4.47 Å². The first kappa shape index (κ1) is 14.0. The molecule has 0 fully saturated rings. The topological polar surface area (TPSA) is 0 Å². The third-order valence-corrected chi connectivity index (χ3v) is 3.77. The van der Waals surface area contributed by atoms with Crippen LogP contribution in [0.15, 0.2) is 34.8 Å². The van der Waals surface area contributed by atoms with Crippen molar-refractivity contribution in [1.82, 2.24) is 0 Å². The molecule has 0 saturated carbocycles. The Bertz CT molecular complexity index is 317. The van der Waals surface area contributed by atoms with Crippen LogP contribution in [-0.4, -0.2) is 8.86 Å². The number of alkyl halides is 2. The molecule has 82 valence electrons. The molecule has 0 unspecified atom stereocenters.